The molecule has 1 aliphatic heterocycles. The van der Waals surface area contributed by atoms with E-state index in [9.17, 15) is 4.79 Å². The van der Waals surface area contributed by atoms with Crippen LogP contribution in [0.25, 0.3) is 0 Å². The number of rotatable bonds is 4. The highest BCUT2D eigenvalue weighted by Crippen LogP contribution is 2.31. The van der Waals surface area contributed by atoms with Crippen molar-refractivity contribution in [2.45, 2.75) is 25.4 Å². The number of aromatic amines is 1. The number of amides is 2. The number of hydrogen-bond donors (Lipinski definition) is 2. The fourth-order valence-electron chi connectivity index (χ4n) is 2.59. The molecule has 1 aromatic heterocycles. The van der Waals surface area contributed by atoms with Gasteiger partial charge in [0.05, 0.1) is 11.6 Å². The zero-order chi connectivity index (χ0) is 13.3. The van der Waals surface area contributed by atoms with Crippen LogP contribution in [-0.4, -0.2) is 53.5 Å². The molecule has 18 heavy (non-hydrogen) atoms. The number of urea groups is 1. The van der Waals surface area contributed by atoms with Crippen LogP contribution < -0.4 is 5.32 Å². The van der Waals surface area contributed by atoms with E-state index in [-0.39, 0.29) is 17.6 Å². The smallest absolute Gasteiger partial charge is 0.320 e. The number of aromatic nitrogens is 1. The topological polar surface area (TPSA) is 51.4 Å². The van der Waals surface area contributed by atoms with Gasteiger partial charge in [-0.2, -0.15) is 0 Å². The van der Waals surface area contributed by atoms with E-state index < -0.39 is 0 Å². The van der Waals surface area contributed by atoms with Gasteiger partial charge in [-0.1, -0.05) is 0 Å². The monoisotopic (exact) mass is 250 g/mol. The first-order valence-electron chi connectivity index (χ1n) is 6.29. The van der Waals surface area contributed by atoms with Crippen molar-refractivity contribution >= 4 is 6.03 Å². The number of carbonyl (C=O) groups excluding carboxylic acids is 1. The lowest BCUT2D eigenvalue weighted by atomic mass is 10.0. The number of nitrogens with one attached hydrogen (secondary N) is 2. The third kappa shape index (κ3) is 2.10. The minimum atomic E-state index is -0.179. The molecule has 1 unspecified atom stereocenters. The summed E-state index contributed by atoms with van der Waals surface area (Å²) in [6.45, 7) is 5.69. The van der Waals surface area contributed by atoms with Crippen LogP contribution in [0, 0.1) is 0 Å². The predicted octanol–water partition coefficient (Wildman–Crippen LogP) is 1.42. The zero-order valence-corrected chi connectivity index (χ0v) is 11.5. The van der Waals surface area contributed by atoms with Crippen molar-refractivity contribution in [2.75, 3.05) is 27.2 Å². The van der Waals surface area contributed by atoms with Gasteiger partial charge in [-0.3, -0.25) is 0 Å². The molecule has 0 aliphatic carbocycles. The standard InChI is InChI=1S/C13H22N4O/c1-13(2,9-14-3)17-8-11(16(4)12(17)18)10-6-5-7-15-10/h5-7,11,14-15H,8-9H2,1-4H3. The second-order valence-corrected chi connectivity index (χ2v) is 5.49. The van der Waals surface area contributed by atoms with Crippen LogP contribution in [0.1, 0.15) is 25.6 Å². The van der Waals surface area contributed by atoms with Crippen molar-refractivity contribution in [3.63, 3.8) is 0 Å². The summed E-state index contributed by atoms with van der Waals surface area (Å²) in [4.78, 5) is 19.3. The van der Waals surface area contributed by atoms with Gasteiger partial charge in [-0.15, -0.1) is 0 Å². The third-order valence-electron chi connectivity index (χ3n) is 3.68. The van der Waals surface area contributed by atoms with Gasteiger partial charge >= 0.3 is 6.03 Å². The summed E-state index contributed by atoms with van der Waals surface area (Å²) in [6, 6.07) is 4.21. The van der Waals surface area contributed by atoms with Crippen LogP contribution in [0.2, 0.25) is 0 Å². The highest BCUT2D eigenvalue weighted by atomic mass is 16.2. The van der Waals surface area contributed by atoms with E-state index in [0.29, 0.717) is 0 Å². The molecule has 1 fully saturated rings. The Labute approximate surface area is 108 Å². The first kappa shape index (κ1) is 13.0. The third-order valence-corrected chi connectivity index (χ3v) is 3.68. The van der Waals surface area contributed by atoms with E-state index >= 15 is 0 Å². The molecular weight excluding hydrogens is 228 g/mol. The van der Waals surface area contributed by atoms with E-state index in [2.05, 4.69) is 24.1 Å². The molecule has 2 rings (SSSR count). The Balaban J connectivity index is 2.20. The van der Waals surface area contributed by atoms with E-state index in [1.165, 1.54) is 0 Å². The van der Waals surface area contributed by atoms with Crippen LogP contribution in [0.5, 0.6) is 0 Å². The van der Waals surface area contributed by atoms with Gasteiger partial charge in [0.15, 0.2) is 0 Å². The Morgan fingerprint density at radius 2 is 2.28 bits per heavy atom. The van der Waals surface area contributed by atoms with Crippen LogP contribution >= 0.6 is 0 Å². The molecule has 1 saturated heterocycles. The molecule has 0 spiro atoms. The van der Waals surface area contributed by atoms with E-state index in [4.69, 9.17) is 0 Å². The minimum absolute atomic E-state index is 0.0925. The summed E-state index contributed by atoms with van der Waals surface area (Å²) < 4.78 is 0. The Bertz CT molecular complexity index is 413. The van der Waals surface area contributed by atoms with Gasteiger partial charge in [0.1, 0.15) is 0 Å². The Kier molecular flexibility index (Phi) is 3.34. The molecule has 1 aromatic rings. The molecular formula is C13H22N4O. The minimum Gasteiger partial charge on any atom is -0.363 e. The largest absolute Gasteiger partial charge is 0.363 e. The zero-order valence-electron chi connectivity index (χ0n) is 11.5. The molecule has 0 radical (unpaired) electrons. The maximum atomic E-state index is 12.3. The van der Waals surface area contributed by atoms with Crippen molar-refractivity contribution in [1.82, 2.24) is 20.1 Å². The normalized spacial score (nSPS) is 20.9. The first-order valence-corrected chi connectivity index (χ1v) is 6.29. The van der Waals surface area contributed by atoms with Crippen molar-refractivity contribution in [2.24, 2.45) is 0 Å². The molecule has 0 bridgehead atoms. The van der Waals surface area contributed by atoms with Crippen molar-refractivity contribution in [3.8, 4) is 0 Å². The molecule has 2 amide bonds. The second-order valence-electron chi connectivity index (χ2n) is 5.49. The molecule has 100 valence electrons. The van der Waals surface area contributed by atoms with Gasteiger partial charge in [0, 0.05) is 32.0 Å². The summed E-state index contributed by atoms with van der Waals surface area (Å²) in [7, 11) is 3.78. The van der Waals surface area contributed by atoms with Crippen molar-refractivity contribution in [3.05, 3.63) is 24.0 Å². The first-order chi connectivity index (χ1) is 8.47. The number of H-pyrrole nitrogens is 1. The summed E-state index contributed by atoms with van der Waals surface area (Å²) in [6.07, 6.45) is 1.90. The molecule has 5 heteroatoms. The van der Waals surface area contributed by atoms with E-state index in [1.807, 2.05) is 42.2 Å². The van der Waals surface area contributed by atoms with E-state index in [1.54, 1.807) is 0 Å². The molecule has 2 N–H and O–H groups in total. The average Bonchev–Trinajstić information content (AvgIpc) is 2.89. The summed E-state index contributed by atoms with van der Waals surface area (Å²) in [5, 5.41) is 3.15. The number of hydrogen-bond acceptors (Lipinski definition) is 2. The van der Waals surface area contributed by atoms with Gasteiger partial charge < -0.3 is 20.1 Å². The second kappa shape index (κ2) is 4.65. The van der Waals surface area contributed by atoms with Gasteiger partial charge in [0.2, 0.25) is 0 Å². The fourth-order valence-corrected chi connectivity index (χ4v) is 2.59. The number of nitrogens with zero attached hydrogens (tertiary/aromatic N) is 2. The summed E-state index contributed by atoms with van der Waals surface area (Å²) in [5.74, 6) is 0. The van der Waals surface area contributed by atoms with Crippen molar-refractivity contribution in [1.29, 1.82) is 0 Å². The quantitative estimate of drug-likeness (QED) is 0.849. The highest BCUT2D eigenvalue weighted by Gasteiger charge is 2.42. The van der Waals surface area contributed by atoms with Crippen molar-refractivity contribution < 1.29 is 4.79 Å². The Morgan fingerprint density at radius 3 is 2.83 bits per heavy atom. The molecule has 0 saturated carbocycles. The van der Waals surface area contributed by atoms with Crippen LogP contribution in [0.4, 0.5) is 4.79 Å². The summed E-state index contributed by atoms with van der Waals surface area (Å²) in [5.41, 5.74) is 0.912. The van der Waals surface area contributed by atoms with Crippen LogP contribution in [0.3, 0.4) is 0 Å². The molecule has 2 heterocycles. The number of likely N-dealkylation sites (N-methyl/N-ethyl adjacent to an activating group) is 2. The van der Waals surface area contributed by atoms with Crippen LogP contribution in [-0.2, 0) is 0 Å². The Morgan fingerprint density at radius 1 is 1.56 bits per heavy atom. The van der Waals surface area contributed by atoms with Gasteiger partial charge in [0.25, 0.3) is 0 Å². The Hall–Kier alpha value is -1.49. The molecule has 0 aromatic carbocycles. The lowest BCUT2D eigenvalue weighted by Gasteiger charge is -2.34. The molecule has 1 aliphatic rings. The van der Waals surface area contributed by atoms with Crippen LogP contribution in [0.15, 0.2) is 18.3 Å². The highest BCUT2D eigenvalue weighted by molar-refractivity contribution is 5.78. The van der Waals surface area contributed by atoms with E-state index in [0.717, 1.165) is 18.8 Å². The molecule has 1 atom stereocenters. The fraction of sp³-hybridized carbons (Fsp3) is 0.615. The maximum Gasteiger partial charge on any atom is 0.320 e. The summed E-state index contributed by atoms with van der Waals surface area (Å²) >= 11 is 0. The lowest BCUT2D eigenvalue weighted by molar-refractivity contribution is 0.149. The van der Waals surface area contributed by atoms with Gasteiger partial charge in [-0.25, -0.2) is 4.79 Å². The predicted molar refractivity (Wildman–Crippen MR) is 71.4 cm³/mol. The maximum absolute atomic E-state index is 12.3. The SMILES string of the molecule is CNCC(C)(C)N1CC(c2ccc[nH]2)N(C)C1=O. The van der Waals surface area contributed by atoms with Gasteiger partial charge in [-0.05, 0) is 33.0 Å². The lowest BCUT2D eigenvalue weighted by Crippen LogP contribution is -2.51. The number of carbonyl (C=O) groups is 1. The molecule has 5 nitrogen and oxygen atoms in total. The average molecular weight is 250 g/mol.